The van der Waals surface area contributed by atoms with Crippen LogP contribution in [0.2, 0.25) is 10.0 Å². The fraction of sp³-hybridized carbons (Fsp3) is 0.412. The molecule has 0 N–H and O–H groups in total. The summed E-state index contributed by atoms with van der Waals surface area (Å²) in [6.07, 6.45) is 1.27. The summed E-state index contributed by atoms with van der Waals surface area (Å²) in [5, 5.41) is 6.04. The van der Waals surface area contributed by atoms with Crippen LogP contribution in [0.15, 0.2) is 23.4 Å². The Labute approximate surface area is 175 Å². The molecule has 0 aliphatic carbocycles. The Bertz CT molecular complexity index is 935. The Morgan fingerprint density at radius 2 is 1.96 bits per heavy atom. The highest BCUT2D eigenvalue weighted by Crippen LogP contribution is 2.36. The van der Waals surface area contributed by atoms with Gasteiger partial charge in [0, 0.05) is 25.3 Å². The monoisotopic (exact) mass is 442 g/mol. The van der Waals surface area contributed by atoms with Crippen molar-refractivity contribution >= 4 is 46.9 Å². The Hall–Kier alpha value is -1.81. The van der Waals surface area contributed by atoms with Crippen LogP contribution in [0.25, 0.3) is 5.69 Å². The van der Waals surface area contributed by atoms with E-state index in [-0.39, 0.29) is 0 Å². The highest BCUT2D eigenvalue weighted by atomic mass is 35.5. The van der Waals surface area contributed by atoms with Gasteiger partial charge in [-0.25, -0.2) is 24.2 Å². The summed E-state index contributed by atoms with van der Waals surface area (Å²) >= 11 is 13.5. The molecule has 4 rings (SSSR count). The molecule has 1 aromatic heterocycles. The molecule has 2 fully saturated rings. The predicted octanol–water partition coefficient (Wildman–Crippen LogP) is 2.82. The zero-order valence-electron chi connectivity index (χ0n) is 14.9. The normalized spacial score (nSPS) is 18.7. The summed E-state index contributed by atoms with van der Waals surface area (Å²) in [7, 11) is 0. The summed E-state index contributed by atoms with van der Waals surface area (Å²) in [4.78, 5) is 29.2. The first-order valence-corrected chi connectivity index (χ1v) is 10.4. The number of benzene rings is 1. The van der Waals surface area contributed by atoms with E-state index in [1.165, 1.54) is 11.8 Å². The van der Waals surface area contributed by atoms with Gasteiger partial charge in [0.25, 0.3) is 0 Å². The lowest BCUT2D eigenvalue weighted by atomic mass is 10.3. The Morgan fingerprint density at radius 1 is 1.21 bits per heavy atom. The lowest BCUT2D eigenvalue weighted by Crippen LogP contribution is -2.46. The van der Waals surface area contributed by atoms with E-state index in [4.69, 9.17) is 32.7 Å². The van der Waals surface area contributed by atoms with Crippen molar-refractivity contribution in [1.82, 2.24) is 19.7 Å². The zero-order chi connectivity index (χ0) is 19.9. The average molecular weight is 443 g/mol. The van der Waals surface area contributed by atoms with Gasteiger partial charge < -0.3 is 9.47 Å². The molecule has 11 heteroatoms. The maximum atomic E-state index is 11.4. The van der Waals surface area contributed by atoms with Crippen LogP contribution >= 0.6 is 35.0 Å². The van der Waals surface area contributed by atoms with Gasteiger partial charge in [-0.05, 0) is 31.5 Å². The molecule has 0 bridgehead atoms. The van der Waals surface area contributed by atoms with Gasteiger partial charge >= 0.3 is 17.8 Å². The summed E-state index contributed by atoms with van der Waals surface area (Å²) in [5.74, 6) is -1.74. The number of esters is 2. The van der Waals surface area contributed by atoms with Crippen molar-refractivity contribution in [2.75, 3.05) is 18.8 Å². The molecule has 1 spiro atoms. The maximum absolute atomic E-state index is 11.4. The lowest BCUT2D eigenvalue weighted by molar-refractivity contribution is -0.233. The molecule has 8 nitrogen and oxygen atoms in total. The highest BCUT2D eigenvalue weighted by molar-refractivity contribution is 7.99. The van der Waals surface area contributed by atoms with Crippen LogP contribution < -0.4 is 0 Å². The molecule has 2 aliphatic rings. The van der Waals surface area contributed by atoms with Crippen LogP contribution in [-0.2, 0) is 19.1 Å². The molecule has 0 saturated carbocycles. The zero-order valence-corrected chi connectivity index (χ0v) is 17.2. The van der Waals surface area contributed by atoms with Crippen molar-refractivity contribution in [3.8, 4) is 5.69 Å². The summed E-state index contributed by atoms with van der Waals surface area (Å²) < 4.78 is 12.1. The van der Waals surface area contributed by atoms with E-state index in [9.17, 15) is 9.59 Å². The quantitative estimate of drug-likeness (QED) is 0.396. The van der Waals surface area contributed by atoms with Crippen molar-refractivity contribution < 1.29 is 19.1 Å². The fourth-order valence-corrected chi connectivity index (χ4v) is 4.39. The number of ether oxygens (including phenoxy) is 2. The average Bonchev–Trinajstić information content (AvgIpc) is 3.29. The van der Waals surface area contributed by atoms with Gasteiger partial charge in [0.15, 0.2) is 0 Å². The van der Waals surface area contributed by atoms with Crippen LogP contribution in [0.3, 0.4) is 0 Å². The van der Waals surface area contributed by atoms with Gasteiger partial charge in [0.2, 0.25) is 5.16 Å². The van der Waals surface area contributed by atoms with Gasteiger partial charge in [-0.15, -0.1) is 5.10 Å². The number of likely N-dealkylation sites (tertiary alicyclic amines) is 1. The van der Waals surface area contributed by atoms with Gasteiger partial charge in [-0.3, -0.25) is 0 Å². The minimum Gasteiger partial charge on any atom is -0.400 e. The summed E-state index contributed by atoms with van der Waals surface area (Å²) in [6.45, 7) is 3.10. The van der Waals surface area contributed by atoms with Crippen molar-refractivity contribution in [3.63, 3.8) is 0 Å². The second kappa shape index (κ2) is 7.55. The Balaban J connectivity index is 1.40. The first kappa shape index (κ1) is 19.5. The Kier molecular flexibility index (Phi) is 5.26. The summed E-state index contributed by atoms with van der Waals surface area (Å²) in [6, 6.07) is 5.27. The van der Waals surface area contributed by atoms with Gasteiger partial charge in [0.1, 0.15) is 5.82 Å². The number of aryl methyl sites for hydroxylation is 1. The molecule has 2 saturated heterocycles. The van der Waals surface area contributed by atoms with E-state index in [0.717, 1.165) is 17.9 Å². The van der Waals surface area contributed by atoms with Crippen molar-refractivity contribution in [1.29, 1.82) is 0 Å². The third kappa shape index (κ3) is 3.59. The second-order valence-electron chi connectivity index (χ2n) is 6.38. The van der Waals surface area contributed by atoms with Gasteiger partial charge in [0.05, 0.1) is 15.7 Å². The van der Waals surface area contributed by atoms with E-state index in [2.05, 4.69) is 10.1 Å². The van der Waals surface area contributed by atoms with E-state index in [1.807, 2.05) is 17.9 Å². The van der Waals surface area contributed by atoms with Crippen molar-refractivity contribution in [2.45, 2.75) is 30.8 Å². The number of halogens is 2. The van der Waals surface area contributed by atoms with Crippen LogP contribution in [-0.4, -0.2) is 56.4 Å². The number of aromatic nitrogens is 3. The first-order chi connectivity index (χ1) is 13.4. The number of carbonyl (C=O) groups is 2. The van der Waals surface area contributed by atoms with Gasteiger partial charge in [-0.1, -0.05) is 35.0 Å². The number of hydrogen-bond donors (Lipinski definition) is 0. The molecule has 0 atom stereocenters. The number of nitrogens with zero attached hydrogens (tertiary/aromatic N) is 4. The number of hydrogen-bond acceptors (Lipinski definition) is 8. The topological polar surface area (TPSA) is 86.6 Å². The van der Waals surface area contributed by atoms with Crippen LogP contribution in [0, 0.1) is 6.92 Å². The van der Waals surface area contributed by atoms with E-state index in [1.54, 1.807) is 16.8 Å². The first-order valence-electron chi connectivity index (χ1n) is 8.61. The molecule has 2 aromatic rings. The van der Waals surface area contributed by atoms with Crippen LogP contribution in [0.1, 0.15) is 18.7 Å². The number of carbonyl (C=O) groups excluding carboxylic acids is 2. The fourth-order valence-electron chi connectivity index (χ4n) is 3.26. The van der Waals surface area contributed by atoms with E-state index >= 15 is 0 Å². The molecule has 2 aliphatic heterocycles. The lowest BCUT2D eigenvalue weighted by Gasteiger charge is -2.30. The molecular formula is C17H16Cl2N4O4S. The molecule has 0 unspecified atom stereocenters. The van der Waals surface area contributed by atoms with E-state index in [0.29, 0.717) is 40.5 Å². The summed E-state index contributed by atoms with van der Waals surface area (Å²) in [5.41, 5.74) is 0.773. The van der Waals surface area contributed by atoms with Crippen molar-refractivity contribution in [3.05, 3.63) is 34.1 Å². The smallest absolute Gasteiger partial charge is 0.400 e. The predicted molar refractivity (Wildman–Crippen MR) is 103 cm³/mol. The molecule has 3 heterocycles. The molecule has 28 heavy (non-hydrogen) atoms. The van der Waals surface area contributed by atoms with Gasteiger partial charge in [-0.2, -0.15) is 0 Å². The molecule has 0 amide bonds. The molecule has 0 radical (unpaired) electrons. The van der Waals surface area contributed by atoms with Crippen molar-refractivity contribution in [2.24, 2.45) is 0 Å². The number of rotatable bonds is 5. The molecule has 1 aromatic carbocycles. The van der Waals surface area contributed by atoms with Crippen LogP contribution in [0.4, 0.5) is 0 Å². The maximum Gasteiger partial charge on any atom is 0.421 e. The van der Waals surface area contributed by atoms with Crippen LogP contribution in [0.5, 0.6) is 0 Å². The molecule has 148 valence electrons. The second-order valence-corrected chi connectivity index (χ2v) is 8.26. The highest BCUT2D eigenvalue weighted by Gasteiger charge is 2.55. The van der Waals surface area contributed by atoms with E-state index < -0.39 is 17.8 Å². The third-order valence-corrected chi connectivity index (χ3v) is 6.12. The largest absolute Gasteiger partial charge is 0.421 e. The SMILES string of the molecule is Cc1nc(SCCN2CCCC23OC(=O)C(=O)O3)nn1-c1ccc(Cl)c(Cl)c1. The standard InChI is InChI=1S/C17H16Cl2N4O4S/c1-10-20-16(21-23(10)11-3-4-12(18)13(19)9-11)28-8-7-22-6-2-5-17(22)26-14(24)15(25)27-17/h3-4,9H,2,5-8H2,1H3. The minimum absolute atomic E-state index is 0.447. The minimum atomic E-state index is -1.24. The third-order valence-electron chi connectivity index (χ3n) is 4.56. The Morgan fingerprint density at radius 3 is 2.68 bits per heavy atom. The number of thioether (sulfide) groups is 1. The molecular weight excluding hydrogens is 427 g/mol.